The van der Waals surface area contributed by atoms with Gasteiger partial charge in [0.1, 0.15) is 6.10 Å². The molecule has 0 amide bonds. The average Bonchev–Trinajstić information content (AvgIpc) is 3.25. The van der Waals surface area contributed by atoms with E-state index < -0.39 is 0 Å². The number of aliphatic imine (C=N–C) groups is 1. The lowest BCUT2D eigenvalue weighted by Gasteiger charge is -2.38. The summed E-state index contributed by atoms with van der Waals surface area (Å²) in [6.45, 7) is 8.64. The van der Waals surface area contributed by atoms with Gasteiger partial charge in [0.15, 0.2) is 5.96 Å². The van der Waals surface area contributed by atoms with Crippen LogP contribution in [-0.4, -0.2) is 85.1 Å². The lowest BCUT2D eigenvalue weighted by atomic mass is 10.0. The summed E-state index contributed by atoms with van der Waals surface area (Å²) in [5.41, 5.74) is 3.71. The highest BCUT2D eigenvalue weighted by atomic mass is 16.5. The van der Waals surface area contributed by atoms with Crippen LogP contribution in [0.1, 0.15) is 28.8 Å². The van der Waals surface area contributed by atoms with E-state index in [9.17, 15) is 0 Å². The molecule has 3 heterocycles. The van der Waals surface area contributed by atoms with Crippen molar-refractivity contribution in [2.24, 2.45) is 12.0 Å². The minimum absolute atomic E-state index is 0.00754. The molecule has 8 nitrogen and oxygen atoms in total. The molecule has 168 valence electrons. The number of guanidine groups is 1. The molecule has 1 aromatic heterocycles. The van der Waals surface area contributed by atoms with Crippen LogP contribution >= 0.6 is 0 Å². The van der Waals surface area contributed by atoms with Crippen molar-refractivity contribution in [1.29, 1.82) is 0 Å². The van der Waals surface area contributed by atoms with Crippen molar-refractivity contribution in [2.75, 3.05) is 59.6 Å². The van der Waals surface area contributed by atoms with E-state index in [1.54, 1.807) is 0 Å². The Morgan fingerprint density at radius 1 is 1.19 bits per heavy atom. The van der Waals surface area contributed by atoms with Gasteiger partial charge in [-0.15, -0.1) is 0 Å². The van der Waals surface area contributed by atoms with E-state index in [0.29, 0.717) is 6.61 Å². The molecule has 0 saturated carbocycles. The first kappa shape index (κ1) is 21.8. The Labute approximate surface area is 184 Å². The van der Waals surface area contributed by atoms with Crippen molar-refractivity contribution in [3.8, 4) is 0 Å². The average molecular weight is 427 g/mol. The zero-order valence-electron chi connectivity index (χ0n) is 18.8. The number of morpholine rings is 2. The number of nitrogens with one attached hydrogen (secondary N) is 1. The van der Waals surface area contributed by atoms with Gasteiger partial charge in [0.05, 0.1) is 38.6 Å². The quantitative estimate of drug-likeness (QED) is 0.581. The van der Waals surface area contributed by atoms with E-state index in [1.807, 2.05) is 31.2 Å². The van der Waals surface area contributed by atoms with Crippen molar-refractivity contribution >= 4 is 5.96 Å². The van der Waals surface area contributed by atoms with Crippen LogP contribution in [0.2, 0.25) is 0 Å². The molecule has 8 heteroatoms. The van der Waals surface area contributed by atoms with Gasteiger partial charge in [0.25, 0.3) is 0 Å². The van der Waals surface area contributed by atoms with Crippen LogP contribution < -0.4 is 5.32 Å². The highest BCUT2D eigenvalue weighted by Crippen LogP contribution is 2.24. The standard InChI is InChI=1S/C23H34N6O2/c1-18-4-6-19(7-5-18)21(28-8-11-30-12-9-28)15-25-23(24-2)29-10-13-31-22(17-29)20-14-26-27(3)16-20/h4-7,14,16,21-22H,8-13,15,17H2,1-3H3,(H,24,25). The van der Waals surface area contributed by atoms with Crippen molar-refractivity contribution in [1.82, 2.24) is 24.9 Å². The van der Waals surface area contributed by atoms with Gasteiger partial charge in [0.2, 0.25) is 0 Å². The highest BCUT2D eigenvalue weighted by Gasteiger charge is 2.27. The fourth-order valence-electron chi connectivity index (χ4n) is 4.31. The second-order valence-electron chi connectivity index (χ2n) is 8.26. The Balaban J connectivity index is 1.44. The maximum absolute atomic E-state index is 6.00. The zero-order valence-corrected chi connectivity index (χ0v) is 18.8. The first-order valence-corrected chi connectivity index (χ1v) is 11.1. The third kappa shape index (κ3) is 5.44. The van der Waals surface area contributed by atoms with Gasteiger partial charge in [-0.1, -0.05) is 29.8 Å². The number of rotatable bonds is 5. The summed E-state index contributed by atoms with van der Waals surface area (Å²) < 4.78 is 13.4. The third-order valence-electron chi connectivity index (χ3n) is 6.08. The van der Waals surface area contributed by atoms with Crippen molar-refractivity contribution in [3.05, 3.63) is 53.3 Å². The number of hydrogen-bond donors (Lipinski definition) is 1. The highest BCUT2D eigenvalue weighted by molar-refractivity contribution is 5.80. The van der Waals surface area contributed by atoms with Crippen molar-refractivity contribution < 1.29 is 9.47 Å². The molecule has 0 bridgehead atoms. The van der Waals surface area contributed by atoms with Crippen LogP contribution in [0, 0.1) is 6.92 Å². The van der Waals surface area contributed by atoms with E-state index in [4.69, 9.17) is 9.47 Å². The van der Waals surface area contributed by atoms with Crippen molar-refractivity contribution in [2.45, 2.75) is 19.1 Å². The number of ether oxygens (including phenoxy) is 2. The summed E-state index contributed by atoms with van der Waals surface area (Å²) in [6, 6.07) is 9.15. The van der Waals surface area contributed by atoms with Crippen LogP contribution in [0.25, 0.3) is 0 Å². The molecule has 2 aliphatic rings. The predicted molar refractivity (Wildman–Crippen MR) is 121 cm³/mol. The molecule has 2 unspecified atom stereocenters. The molecule has 0 spiro atoms. The van der Waals surface area contributed by atoms with Crippen LogP contribution in [0.4, 0.5) is 0 Å². The van der Waals surface area contributed by atoms with Gasteiger partial charge in [-0.25, -0.2) is 0 Å². The topological polar surface area (TPSA) is 67.2 Å². The normalized spacial score (nSPS) is 21.8. The Bertz CT molecular complexity index is 859. The summed E-state index contributed by atoms with van der Waals surface area (Å²) in [5.74, 6) is 0.919. The lowest BCUT2D eigenvalue weighted by Crippen LogP contribution is -2.50. The Morgan fingerprint density at radius 3 is 2.65 bits per heavy atom. The molecule has 31 heavy (non-hydrogen) atoms. The maximum Gasteiger partial charge on any atom is 0.193 e. The summed E-state index contributed by atoms with van der Waals surface area (Å²) in [5, 5.41) is 7.93. The largest absolute Gasteiger partial charge is 0.379 e. The molecule has 0 radical (unpaired) electrons. The third-order valence-corrected chi connectivity index (χ3v) is 6.08. The monoisotopic (exact) mass is 426 g/mol. The van der Waals surface area contributed by atoms with E-state index >= 15 is 0 Å². The molecular weight excluding hydrogens is 392 g/mol. The van der Waals surface area contributed by atoms with Gasteiger partial charge >= 0.3 is 0 Å². The minimum atomic E-state index is 0.00754. The fraction of sp³-hybridized carbons (Fsp3) is 0.565. The van der Waals surface area contributed by atoms with E-state index in [-0.39, 0.29) is 12.1 Å². The zero-order chi connectivity index (χ0) is 21.6. The van der Waals surface area contributed by atoms with Gasteiger partial charge in [0, 0.05) is 52.0 Å². The summed E-state index contributed by atoms with van der Waals surface area (Å²) in [6.07, 6.45) is 3.92. The maximum atomic E-state index is 6.00. The molecule has 2 fully saturated rings. The molecule has 2 atom stereocenters. The molecule has 4 rings (SSSR count). The summed E-state index contributed by atoms with van der Waals surface area (Å²) in [4.78, 5) is 9.37. The Hall–Kier alpha value is -2.42. The first-order valence-electron chi connectivity index (χ1n) is 11.1. The van der Waals surface area contributed by atoms with E-state index in [2.05, 4.69) is 56.4 Å². The second-order valence-corrected chi connectivity index (χ2v) is 8.26. The van der Waals surface area contributed by atoms with Crippen molar-refractivity contribution in [3.63, 3.8) is 0 Å². The Kier molecular flexibility index (Phi) is 7.21. The van der Waals surface area contributed by atoms with Gasteiger partial charge < -0.3 is 19.7 Å². The molecule has 2 aliphatic heterocycles. The molecular formula is C23H34N6O2. The number of nitrogens with zero attached hydrogens (tertiary/aromatic N) is 5. The fourth-order valence-corrected chi connectivity index (χ4v) is 4.31. The number of benzene rings is 1. The van der Waals surface area contributed by atoms with Crippen LogP contribution in [0.5, 0.6) is 0 Å². The van der Waals surface area contributed by atoms with E-state index in [1.165, 1.54) is 11.1 Å². The SMILES string of the molecule is CN=C(NCC(c1ccc(C)cc1)N1CCOCC1)N1CCOC(c2cnn(C)c2)C1. The van der Waals surface area contributed by atoms with Crippen LogP contribution in [-0.2, 0) is 16.5 Å². The van der Waals surface area contributed by atoms with Gasteiger partial charge in [-0.05, 0) is 12.5 Å². The summed E-state index contributed by atoms with van der Waals surface area (Å²) >= 11 is 0. The molecule has 0 aliphatic carbocycles. The number of aryl methyl sites for hydroxylation is 2. The molecule has 1 N–H and O–H groups in total. The second kappa shape index (κ2) is 10.3. The van der Waals surface area contributed by atoms with E-state index in [0.717, 1.165) is 57.5 Å². The molecule has 2 saturated heterocycles. The Morgan fingerprint density at radius 2 is 1.97 bits per heavy atom. The first-order chi connectivity index (χ1) is 15.1. The number of hydrogen-bond acceptors (Lipinski definition) is 5. The summed E-state index contributed by atoms with van der Waals surface area (Å²) in [7, 11) is 3.79. The smallest absolute Gasteiger partial charge is 0.193 e. The van der Waals surface area contributed by atoms with Gasteiger partial charge in [-0.2, -0.15) is 5.10 Å². The van der Waals surface area contributed by atoms with Crippen LogP contribution in [0.15, 0.2) is 41.7 Å². The lowest BCUT2D eigenvalue weighted by molar-refractivity contribution is -0.00853. The van der Waals surface area contributed by atoms with Crippen LogP contribution in [0.3, 0.4) is 0 Å². The predicted octanol–water partition coefficient (Wildman–Crippen LogP) is 1.75. The minimum Gasteiger partial charge on any atom is -0.379 e. The number of aromatic nitrogens is 2. The van der Waals surface area contributed by atoms with Gasteiger partial charge in [-0.3, -0.25) is 14.6 Å². The molecule has 2 aromatic rings. The molecule has 1 aromatic carbocycles.